The summed E-state index contributed by atoms with van der Waals surface area (Å²) in [5, 5.41) is 6.56. The molecule has 0 atom stereocenters. The highest BCUT2D eigenvalue weighted by Crippen LogP contribution is 2.45. The molecule has 7 rings (SSSR count). The van der Waals surface area contributed by atoms with Gasteiger partial charge in [-0.2, -0.15) is 0 Å². The van der Waals surface area contributed by atoms with Crippen LogP contribution in [-0.4, -0.2) is 17.3 Å². The fourth-order valence-corrected chi connectivity index (χ4v) is 9.22. The van der Waals surface area contributed by atoms with Crippen molar-refractivity contribution in [3.8, 4) is 0 Å². The van der Waals surface area contributed by atoms with Gasteiger partial charge in [0.2, 0.25) is 5.69 Å². The Morgan fingerprint density at radius 3 is 2.51 bits per heavy atom. The predicted molar refractivity (Wildman–Crippen MR) is 194 cm³/mol. The molecule has 230 valence electrons. The Morgan fingerprint density at radius 2 is 1.67 bits per heavy atom. The molecular weight excluding hydrogens is 566 g/mol. The van der Waals surface area contributed by atoms with Gasteiger partial charge in [-0.15, -0.1) is 0 Å². The van der Waals surface area contributed by atoms with Crippen LogP contribution in [0.4, 0.5) is 5.69 Å². The van der Waals surface area contributed by atoms with E-state index in [0.717, 1.165) is 50.0 Å². The lowest BCUT2D eigenvalue weighted by molar-refractivity contribution is -0.403. The standard InChI is InChI=1S/C43H47ClN/c1-28-18-23-33(42(2,3)39-34(28)25-20-29-12-7-9-16-35(29)39)24-19-31-14-11-15-32(41(31)44)22-27-38-43(4,5)40-36-17-10-8-13-30(36)21-26-37(40)45(38)6/h7-10,12-13,17,19-21,24-26H,11,14-16,18,22-23,27H2,1-6H3/q+1/b31-19+,33-24-. The first-order chi connectivity index (χ1) is 21.6. The molecule has 1 aliphatic heterocycles. The van der Waals surface area contributed by atoms with Crippen LogP contribution < -0.4 is 10.4 Å². The quantitative estimate of drug-likeness (QED) is 0.258. The Morgan fingerprint density at radius 1 is 0.844 bits per heavy atom. The van der Waals surface area contributed by atoms with Crippen molar-refractivity contribution in [2.75, 3.05) is 7.05 Å². The largest absolute Gasteiger partial charge is 0.209 e. The number of benzene rings is 3. The summed E-state index contributed by atoms with van der Waals surface area (Å²) in [4.78, 5) is 0. The summed E-state index contributed by atoms with van der Waals surface area (Å²) in [6.07, 6.45) is 20.2. The monoisotopic (exact) mass is 612 g/mol. The van der Waals surface area contributed by atoms with E-state index in [9.17, 15) is 0 Å². The number of hydrogen-bond donors (Lipinski definition) is 0. The molecule has 0 bridgehead atoms. The zero-order valence-corrected chi connectivity index (χ0v) is 28.7. The van der Waals surface area contributed by atoms with Crippen molar-refractivity contribution in [3.63, 3.8) is 0 Å². The van der Waals surface area contributed by atoms with Crippen molar-refractivity contribution >= 4 is 45.4 Å². The fraction of sp³-hybridized carbons (Fsp3) is 0.372. The van der Waals surface area contributed by atoms with Gasteiger partial charge in [0, 0.05) is 28.5 Å². The number of fused-ring (bicyclic) bond motifs is 6. The van der Waals surface area contributed by atoms with Gasteiger partial charge in [-0.1, -0.05) is 109 Å². The van der Waals surface area contributed by atoms with Crippen molar-refractivity contribution in [1.82, 2.24) is 0 Å². The summed E-state index contributed by atoms with van der Waals surface area (Å²) in [7, 11) is 2.25. The van der Waals surface area contributed by atoms with Crippen molar-refractivity contribution < 1.29 is 4.58 Å². The van der Waals surface area contributed by atoms with E-state index in [2.05, 4.69) is 125 Å². The van der Waals surface area contributed by atoms with Crippen LogP contribution in [0.1, 0.15) is 96.3 Å². The zero-order chi connectivity index (χ0) is 31.5. The van der Waals surface area contributed by atoms with Crippen LogP contribution in [0.3, 0.4) is 0 Å². The minimum absolute atomic E-state index is 0.0149. The normalized spacial score (nSPS) is 22.1. The maximum atomic E-state index is 7.27. The van der Waals surface area contributed by atoms with Gasteiger partial charge in [0.05, 0.1) is 5.41 Å². The highest BCUT2D eigenvalue weighted by Gasteiger charge is 2.45. The molecular formula is C43H47ClN+. The summed E-state index contributed by atoms with van der Waals surface area (Å²) in [6.45, 7) is 12.0. The van der Waals surface area contributed by atoms with Gasteiger partial charge in [-0.3, -0.25) is 0 Å². The third-order valence-electron chi connectivity index (χ3n) is 11.4. The molecule has 2 heteroatoms. The lowest BCUT2D eigenvalue weighted by atomic mass is 9.73. The molecule has 1 nitrogen and oxygen atoms in total. The van der Waals surface area contributed by atoms with Crippen molar-refractivity contribution in [2.24, 2.45) is 0 Å². The van der Waals surface area contributed by atoms with E-state index in [-0.39, 0.29) is 10.8 Å². The van der Waals surface area contributed by atoms with Gasteiger partial charge >= 0.3 is 0 Å². The lowest BCUT2D eigenvalue weighted by Gasteiger charge is -2.31. The van der Waals surface area contributed by atoms with Crippen LogP contribution in [0.25, 0.3) is 22.4 Å². The van der Waals surface area contributed by atoms with Crippen LogP contribution in [0.2, 0.25) is 0 Å². The van der Waals surface area contributed by atoms with E-state index in [1.807, 2.05) is 0 Å². The third-order valence-corrected chi connectivity index (χ3v) is 11.9. The van der Waals surface area contributed by atoms with E-state index >= 15 is 0 Å². The molecule has 0 fully saturated rings. The number of rotatable bonds is 4. The van der Waals surface area contributed by atoms with E-state index < -0.39 is 0 Å². The molecule has 0 saturated heterocycles. The summed E-state index contributed by atoms with van der Waals surface area (Å²) in [5.74, 6) is 0. The molecule has 0 radical (unpaired) electrons. The van der Waals surface area contributed by atoms with Gasteiger partial charge in [0.1, 0.15) is 7.05 Å². The van der Waals surface area contributed by atoms with E-state index in [4.69, 9.17) is 11.6 Å². The van der Waals surface area contributed by atoms with Crippen LogP contribution in [0.15, 0.2) is 94.6 Å². The molecule has 0 amide bonds. The number of hydrogen-bond acceptors (Lipinski definition) is 0. The average molecular weight is 613 g/mol. The Hall–Kier alpha value is -3.42. The van der Waals surface area contributed by atoms with Crippen LogP contribution in [0, 0.1) is 0 Å². The Kier molecular flexibility index (Phi) is 7.68. The second kappa shape index (κ2) is 11.4. The second-order valence-corrected chi connectivity index (χ2v) is 15.1. The highest BCUT2D eigenvalue weighted by molar-refractivity contribution is 6.32. The van der Waals surface area contributed by atoms with Crippen molar-refractivity contribution in [2.45, 2.75) is 96.8 Å². The van der Waals surface area contributed by atoms with Crippen molar-refractivity contribution in [1.29, 1.82) is 0 Å². The fourth-order valence-electron chi connectivity index (χ4n) is 8.87. The average Bonchev–Trinajstić information content (AvgIpc) is 3.17. The van der Waals surface area contributed by atoms with Crippen LogP contribution >= 0.6 is 11.6 Å². The molecule has 3 aromatic carbocycles. The highest BCUT2D eigenvalue weighted by atomic mass is 35.5. The summed E-state index contributed by atoms with van der Waals surface area (Å²) in [5.41, 5.74) is 13.1. The number of allylic oxidation sites excluding steroid dienone is 8. The summed E-state index contributed by atoms with van der Waals surface area (Å²) in [6, 6.07) is 18.1. The van der Waals surface area contributed by atoms with Gasteiger partial charge < -0.3 is 0 Å². The first-order valence-corrected chi connectivity index (χ1v) is 17.4. The maximum absolute atomic E-state index is 7.27. The summed E-state index contributed by atoms with van der Waals surface area (Å²) >= 11 is 7.27. The van der Waals surface area contributed by atoms with E-state index in [1.54, 1.807) is 0 Å². The Labute approximate surface area is 274 Å². The predicted octanol–water partition coefficient (Wildman–Crippen LogP) is 9.99. The topological polar surface area (TPSA) is 3.01 Å². The molecule has 45 heavy (non-hydrogen) atoms. The molecule has 3 aliphatic carbocycles. The number of halogens is 1. The van der Waals surface area contributed by atoms with E-state index in [0.29, 0.717) is 0 Å². The minimum Gasteiger partial charge on any atom is -0.201 e. The lowest BCUT2D eigenvalue weighted by Crippen LogP contribution is -2.33. The van der Waals surface area contributed by atoms with Crippen molar-refractivity contribution in [3.05, 3.63) is 122 Å². The molecule has 0 spiro atoms. The molecule has 4 aliphatic rings. The molecule has 0 aromatic heterocycles. The molecule has 0 N–H and O–H groups in total. The first-order valence-electron chi connectivity index (χ1n) is 17.0. The maximum Gasteiger partial charge on any atom is 0.209 e. The smallest absolute Gasteiger partial charge is 0.201 e. The van der Waals surface area contributed by atoms with Crippen LogP contribution in [0.5, 0.6) is 0 Å². The summed E-state index contributed by atoms with van der Waals surface area (Å²) < 4.78 is 2.46. The zero-order valence-electron chi connectivity index (χ0n) is 28.0. The SMILES string of the molecule is CC1=c2ccc3c(c2C(C)(C)/C(=C\C=C2/CCCC(CCC4=[N+](C)c5ccc6ccccc6c5C4(C)C)=C2Cl)CC1)CC=CC=3. The van der Waals surface area contributed by atoms with Gasteiger partial charge in [-0.05, 0) is 110 Å². The molecule has 3 aromatic rings. The minimum atomic E-state index is -0.0311. The van der Waals surface area contributed by atoms with Gasteiger partial charge in [-0.25, -0.2) is 4.58 Å². The second-order valence-electron chi connectivity index (χ2n) is 14.7. The van der Waals surface area contributed by atoms with Crippen LogP contribution in [-0.2, 0) is 17.3 Å². The third kappa shape index (κ3) is 5.03. The first kappa shape index (κ1) is 30.2. The molecule has 0 unspecified atom stereocenters. The number of nitrogens with zero attached hydrogens (tertiary/aromatic N) is 1. The van der Waals surface area contributed by atoms with E-state index in [1.165, 1.54) is 78.0 Å². The Balaban J connectivity index is 1.18. The molecule has 0 saturated carbocycles. The molecule has 1 heterocycles. The Bertz CT molecular complexity index is 2020. The van der Waals surface area contributed by atoms with Gasteiger partial charge in [0.25, 0.3) is 0 Å². The van der Waals surface area contributed by atoms with Gasteiger partial charge in [0.15, 0.2) is 5.71 Å².